The van der Waals surface area contributed by atoms with Gasteiger partial charge < -0.3 is 15.6 Å². The molecule has 3 aromatic rings. The number of pyridine rings is 2. The fourth-order valence-electron chi connectivity index (χ4n) is 3.08. The maximum Gasteiger partial charge on any atom is 0.275 e. The van der Waals surface area contributed by atoms with Crippen LogP contribution in [0.3, 0.4) is 0 Å². The lowest BCUT2D eigenvalue weighted by Gasteiger charge is -2.26. The van der Waals surface area contributed by atoms with Gasteiger partial charge in [-0.05, 0) is 17.7 Å². The molecule has 0 saturated heterocycles. The van der Waals surface area contributed by atoms with E-state index in [0.717, 1.165) is 11.3 Å². The number of rotatable bonds is 2. The van der Waals surface area contributed by atoms with Gasteiger partial charge in [-0.25, -0.2) is 4.98 Å². The van der Waals surface area contributed by atoms with Crippen molar-refractivity contribution in [1.82, 2.24) is 19.5 Å². The Kier molecular flexibility index (Phi) is 3.70. The maximum atomic E-state index is 12.4. The van der Waals surface area contributed by atoms with Gasteiger partial charge in [-0.1, -0.05) is 0 Å². The first kappa shape index (κ1) is 15.7. The number of hydrogen-bond acceptors (Lipinski definition) is 7. The number of nitrogens with two attached hydrogens (primary N) is 1. The van der Waals surface area contributed by atoms with Crippen molar-refractivity contribution in [3.8, 4) is 11.6 Å². The topological polar surface area (TPSA) is 116 Å². The van der Waals surface area contributed by atoms with Gasteiger partial charge >= 0.3 is 0 Å². The van der Waals surface area contributed by atoms with Crippen molar-refractivity contribution in [2.24, 2.45) is 5.73 Å². The van der Waals surface area contributed by atoms with Crippen molar-refractivity contribution in [1.29, 1.82) is 0 Å². The summed E-state index contributed by atoms with van der Waals surface area (Å²) in [6.07, 6.45) is 3.17. The summed E-state index contributed by atoms with van der Waals surface area (Å²) in [4.78, 5) is 25.4. The molecule has 0 aliphatic heterocycles. The van der Waals surface area contributed by atoms with E-state index >= 15 is 0 Å². The number of aliphatic hydroxyl groups excluding tert-OH is 1. The van der Waals surface area contributed by atoms with Gasteiger partial charge in [0.05, 0.1) is 31.3 Å². The van der Waals surface area contributed by atoms with Crippen LogP contribution in [0.2, 0.25) is 0 Å². The lowest BCUT2D eigenvalue weighted by atomic mass is 9.90. The molecule has 3 aromatic heterocycles. The summed E-state index contributed by atoms with van der Waals surface area (Å²) >= 11 is 0. The summed E-state index contributed by atoms with van der Waals surface area (Å²) in [5, 5.41) is 10.0. The number of ether oxygens (including phenoxy) is 1. The smallest absolute Gasteiger partial charge is 0.275 e. The number of methoxy groups -OCH3 is 1. The van der Waals surface area contributed by atoms with Gasteiger partial charge in [0.15, 0.2) is 5.65 Å². The standard InChI is InChI=1S/C17H17N5O3/c1-25-15-3-2-12-17(21-15)22(16(24)8-20-12)10-4-9-5-14(23)11(18)6-13(9)19-7-10/h2-4,7-8,11,14,23H,5-6,18H2,1H3/t11-,14-/m1/s1. The van der Waals surface area contributed by atoms with E-state index in [1.165, 1.54) is 17.9 Å². The first-order valence-electron chi connectivity index (χ1n) is 7.91. The Morgan fingerprint density at radius 2 is 2.12 bits per heavy atom. The Balaban J connectivity index is 1.92. The molecule has 1 aliphatic carbocycles. The van der Waals surface area contributed by atoms with Crippen molar-refractivity contribution < 1.29 is 9.84 Å². The lowest BCUT2D eigenvalue weighted by molar-refractivity contribution is 0.136. The van der Waals surface area contributed by atoms with Crippen molar-refractivity contribution in [3.63, 3.8) is 0 Å². The summed E-state index contributed by atoms with van der Waals surface area (Å²) in [5.41, 5.74) is 8.83. The molecule has 0 unspecified atom stereocenters. The highest BCUT2D eigenvalue weighted by atomic mass is 16.5. The van der Waals surface area contributed by atoms with Crippen molar-refractivity contribution in [2.75, 3.05) is 7.11 Å². The average molecular weight is 339 g/mol. The molecular weight excluding hydrogens is 322 g/mol. The van der Waals surface area contributed by atoms with Crippen molar-refractivity contribution in [3.05, 3.63) is 52.2 Å². The van der Waals surface area contributed by atoms with Crippen LogP contribution in [-0.4, -0.2) is 43.9 Å². The lowest BCUT2D eigenvalue weighted by Crippen LogP contribution is -2.42. The number of hydrogen-bond donors (Lipinski definition) is 2. The molecule has 0 spiro atoms. The second-order valence-electron chi connectivity index (χ2n) is 6.07. The second kappa shape index (κ2) is 5.91. The maximum absolute atomic E-state index is 12.4. The Hall–Kier alpha value is -2.84. The Bertz CT molecular complexity index is 1020. The van der Waals surface area contributed by atoms with E-state index in [4.69, 9.17) is 10.5 Å². The molecule has 0 saturated carbocycles. The molecule has 0 bridgehead atoms. The molecule has 0 amide bonds. The highest BCUT2D eigenvalue weighted by Crippen LogP contribution is 2.23. The van der Waals surface area contributed by atoms with E-state index < -0.39 is 6.10 Å². The van der Waals surface area contributed by atoms with Crippen molar-refractivity contribution in [2.45, 2.75) is 25.0 Å². The third kappa shape index (κ3) is 2.65. The molecule has 3 heterocycles. The highest BCUT2D eigenvalue weighted by molar-refractivity contribution is 5.72. The zero-order valence-electron chi connectivity index (χ0n) is 13.6. The van der Waals surface area contributed by atoms with Crippen LogP contribution in [0.4, 0.5) is 0 Å². The van der Waals surface area contributed by atoms with Crippen LogP contribution >= 0.6 is 0 Å². The van der Waals surface area contributed by atoms with Crippen LogP contribution in [0.15, 0.2) is 35.4 Å². The molecule has 25 heavy (non-hydrogen) atoms. The molecule has 0 fully saturated rings. The summed E-state index contributed by atoms with van der Waals surface area (Å²) in [6, 6.07) is 4.96. The van der Waals surface area contributed by atoms with Crippen LogP contribution in [0.5, 0.6) is 5.88 Å². The quantitative estimate of drug-likeness (QED) is 0.673. The highest BCUT2D eigenvalue weighted by Gasteiger charge is 2.25. The van der Waals surface area contributed by atoms with Crippen LogP contribution in [0.25, 0.3) is 16.9 Å². The minimum Gasteiger partial charge on any atom is -0.481 e. The molecule has 2 atom stereocenters. The largest absolute Gasteiger partial charge is 0.481 e. The van der Waals surface area contributed by atoms with Gasteiger partial charge in [-0.3, -0.25) is 14.3 Å². The molecule has 128 valence electrons. The predicted molar refractivity (Wildman–Crippen MR) is 90.9 cm³/mol. The number of aliphatic hydroxyl groups is 1. The Morgan fingerprint density at radius 1 is 1.28 bits per heavy atom. The van der Waals surface area contributed by atoms with Crippen LogP contribution < -0.4 is 16.0 Å². The predicted octanol–water partition coefficient (Wildman–Crippen LogP) is -0.0289. The third-order valence-electron chi connectivity index (χ3n) is 4.44. The van der Waals surface area contributed by atoms with E-state index in [1.807, 2.05) is 6.07 Å². The van der Waals surface area contributed by atoms with Crippen LogP contribution in [0, 0.1) is 0 Å². The average Bonchev–Trinajstić information content (AvgIpc) is 2.62. The SMILES string of the molecule is COc1ccc2ncc(=O)n(-c3cnc4c(c3)C[C@@H](O)[C@H](N)C4)c2n1. The summed E-state index contributed by atoms with van der Waals surface area (Å²) < 4.78 is 6.60. The fraction of sp³-hybridized carbons (Fsp3) is 0.294. The molecule has 1 aliphatic rings. The molecule has 4 rings (SSSR count). The Labute approximate surface area is 142 Å². The first-order valence-corrected chi connectivity index (χ1v) is 7.91. The molecule has 0 aromatic carbocycles. The van der Waals surface area contributed by atoms with E-state index in [1.54, 1.807) is 18.3 Å². The first-order chi connectivity index (χ1) is 12.1. The zero-order chi connectivity index (χ0) is 17.6. The van der Waals surface area contributed by atoms with E-state index in [0.29, 0.717) is 35.6 Å². The van der Waals surface area contributed by atoms with Gasteiger partial charge in [0, 0.05) is 30.6 Å². The summed E-state index contributed by atoms with van der Waals surface area (Å²) in [7, 11) is 1.51. The van der Waals surface area contributed by atoms with Gasteiger partial charge in [0.1, 0.15) is 5.52 Å². The van der Waals surface area contributed by atoms with E-state index in [9.17, 15) is 9.90 Å². The number of aromatic nitrogens is 4. The van der Waals surface area contributed by atoms with E-state index in [-0.39, 0.29) is 11.6 Å². The van der Waals surface area contributed by atoms with Gasteiger partial charge in [0.2, 0.25) is 5.88 Å². The fourth-order valence-corrected chi connectivity index (χ4v) is 3.08. The Morgan fingerprint density at radius 3 is 2.92 bits per heavy atom. The zero-order valence-corrected chi connectivity index (χ0v) is 13.6. The van der Waals surface area contributed by atoms with Crippen LogP contribution in [0.1, 0.15) is 11.3 Å². The number of fused-ring (bicyclic) bond motifs is 2. The summed E-state index contributed by atoms with van der Waals surface area (Å²) in [6.45, 7) is 0. The second-order valence-corrected chi connectivity index (χ2v) is 6.07. The van der Waals surface area contributed by atoms with E-state index in [2.05, 4.69) is 15.0 Å². The van der Waals surface area contributed by atoms with Gasteiger partial charge in [-0.15, -0.1) is 0 Å². The minimum absolute atomic E-state index is 0.317. The normalized spacial score (nSPS) is 19.6. The monoisotopic (exact) mass is 339 g/mol. The van der Waals surface area contributed by atoms with Gasteiger partial charge in [-0.2, -0.15) is 4.98 Å². The van der Waals surface area contributed by atoms with Crippen molar-refractivity contribution >= 4 is 11.2 Å². The van der Waals surface area contributed by atoms with Crippen LogP contribution in [-0.2, 0) is 12.8 Å². The molecule has 0 radical (unpaired) electrons. The molecule has 8 nitrogen and oxygen atoms in total. The van der Waals surface area contributed by atoms with Gasteiger partial charge in [0.25, 0.3) is 5.56 Å². The number of nitrogens with zero attached hydrogens (tertiary/aromatic N) is 4. The molecule has 3 N–H and O–H groups in total. The third-order valence-corrected chi connectivity index (χ3v) is 4.44. The summed E-state index contributed by atoms with van der Waals surface area (Å²) in [5.74, 6) is 0.390. The molecular formula is C17H17N5O3. The molecule has 8 heteroatoms. The minimum atomic E-state index is -0.617.